The van der Waals surface area contributed by atoms with E-state index in [2.05, 4.69) is 143 Å². The van der Waals surface area contributed by atoms with Crippen LogP contribution >= 0.6 is 23.1 Å². The Bertz CT molecular complexity index is 2900. The van der Waals surface area contributed by atoms with Crippen LogP contribution in [0.5, 0.6) is 0 Å². The Morgan fingerprint density at radius 3 is 1.75 bits per heavy atom. The average molecular weight is 648 g/mol. The fraction of sp³-hybridized carbons (Fsp3) is 0. The lowest BCUT2D eigenvalue weighted by Crippen LogP contribution is -1.94. The summed E-state index contributed by atoms with van der Waals surface area (Å²) in [7, 11) is 0. The second-order valence-electron chi connectivity index (χ2n) is 12.1. The van der Waals surface area contributed by atoms with Gasteiger partial charge in [0.15, 0.2) is 0 Å². The normalized spacial score (nSPS) is 11.8. The minimum Gasteiger partial charge on any atom is -0.309 e. The largest absolute Gasteiger partial charge is 0.309 e. The lowest BCUT2D eigenvalue weighted by molar-refractivity contribution is 1.17. The zero-order chi connectivity index (χ0) is 31.8. The first kappa shape index (κ1) is 27.3. The molecule has 0 spiro atoms. The summed E-state index contributed by atoms with van der Waals surface area (Å²) < 4.78 is 7.45. The minimum absolute atomic E-state index is 0.676. The van der Waals surface area contributed by atoms with Gasteiger partial charge >= 0.3 is 0 Å². The summed E-state index contributed by atoms with van der Waals surface area (Å²) in [6.45, 7) is 0. The van der Waals surface area contributed by atoms with Gasteiger partial charge in [-0.2, -0.15) is 5.26 Å². The van der Waals surface area contributed by atoms with Gasteiger partial charge in [-0.05, 0) is 97.1 Å². The highest BCUT2D eigenvalue weighted by Gasteiger charge is 2.20. The molecule has 3 heterocycles. The Labute approximate surface area is 284 Å². The van der Waals surface area contributed by atoms with E-state index in [4.69, 9.17) is 0 Å². The third kappa shape index (κ3) is 4.14. The van der Waals surface area contributed by atoms with Crippen LogP contribution in [0.1, 0.15) is 5.56 Å². The Morgan fingerprint density at radius 1 is 0.438 bits per heavy atom. The number of thiophene rings is 1. The third-order valence-corrected chi connectivity index (χ3v) is 11.5. The van der Waals surface area contributed by atoms with E-state index >= 15 is 0 Å². The molecule has 0 unspecified atom stereocenters. The molecule has 0 saturated heterocycles. The molecule has 7 aromatic carbocycles. The number of rotatable bonds is 4. The minimum atomic E-state index is 0.676. The van der Waals surface area contributed by atoms with Gasteiger partial charge in [0.2, 0.25) is 0 Å². The molecule has 10 rings (SSSR count). The number of nitrogens with zero attached hydrogens (tertiary/aromatic N) is 3. The number of hydrogen-bond donors (Lipinski definition) is 0. The summed E-state index contributed by atoms with van der Waals surface area (Å²) in [5.41, 5.74) is 7.78. The summed E-state index contributed by atoms with van der Waals surface area (Å²) in [5.74, 6) is 0. The van der Waals surface area contributed by atoms with Gasteiger partial charge in [-0.1, -0.05) is 66.4 Å². The first-order valence-electron chi connectivity index (χ1n) is 15.9. The molecule has 3 nitrogen and oxygen atoms in total. The topological polar surface area (TPSA) is 33.6 Å². The number of benzene rings is 7. The van der Waals surface area contributed by atoms with Crippen LogP contribution in [-0.4, -0.2) is 9.13 Å². The fourth-order valence-electron chi connectivity index (χ4n) is 7.23. The molecular weight excluding hydrogens is 623 g/mol. The van der Waals surface area contributed by atoms with Gasteiger partial charge in [0, 0.05) is 62.9 Å². The van der Waals surface area contributed by atoms with Crippen molar-refractivity contribution in [2.45, 2.75) is 9.79 Å². The summed E-state index contributed by atoms with van der Waals surface area (Å²) >= 11 is 3.57. The SMILES string of the molecule is N#Cc1ccc(Sc2ccc(-n3c4cc5sc6ccccc6c5cc4c4cc5c(cc43)c3ccccc3n5-c3ccccc3)cc2)cc1. The van der Waals surface area contributed by atoms with Crippen molar-refractivity contribution in [3.05, 3.63) is 157 Å². The van der Waals surface area contributed by atoms with E-state index in [1.807, 2.05) is 35.6 Å². The predicted octanol–water partition coefficient (Wildman–Crippen LogP) is 12.3. The van der Waals surface area contributed by atoms with Crippen LogP contribution in [0.4, 0.5) is 0 Å². The first-order valence-corrected chi connectivity index (χ1v) is 17.5. The molecule has 0 aliphatic heterocycles. The fourth-order valence-corrected chi connectivity index (χ4v) is 9.16. The molecule has 0 fully saturated rings. The van der Waals surface area contributed by atoms with Crippen LogP contribution in [0.3, 0.4) is 0 Å². The summed E-state index contributed by atoms with van der Waals surface area (Å²) in [6, 6.07) is 56.6. The number of aromatic nitrogens is 2. The highest BCUT2D eigenvalue weighted by molar-refractivity contribution is 7.99. The van der Waals surface area contributed by atoms with Crippen molar-refractivity contribution in [2.75, 3.05) is 0 Å². The van der Waals surface area contributed by atoms with Crippen LogP contribution in [0.15, 0.2) is 161 Å². The average Bonchev–Trinajstić information content (AvgIpc) is 3.77. The molecule has 224 valence electrons. The summed E-state index contributed by atoms with van der Waals surface area (Å²) in [6.07, 6.45) is 0. The molecule has 0 amide bonds. The van der Waals surface area contributed by atoms with E-state index in [9.17, 15) is 5.26 Å². The smallest absolute Gasteiger partial charge is 0.0991 e. The Kier molecular flexibility index (Phi) is 6.04. The molecule has 0 aliphatic rings. The van der Waals surface area contributed by atoms with Crippen molar-refractivity contribution < 1.29 is 0 Å². The number of para-hydroxylation sites is 2. The van der Waals surface area contributed by atoms with E-state index < -0.39 is 0 Å². The lowest BCUT2D eigenvalue weighted by Gasteiger charge is -2.10. The summed E-state index contributed by atoms with van der Waals surface area (Å²) in [5, 5.41) is 16.8. The van der Waals surface area contributed by atoms with Gasteiger partial charge in [-0.15, -0.1) is 11.3 Å². The van der Waals surface area contributed by atoms with E-state index in [1.54, 1.807) is 11.8 Å². The monoisotopic (exact) mass is 647 g/mol. The highest BCUT2D eigenvalue weighted by atomic mass is 32.2. The first-order chi connectivity index (χ1) is 23.7. The van der Waals surface area contributed by atoms with Gasteiger partial charge < -0.3 is 9.13 Å². The molecule has 0 saturated carbocycles. The van der Waals surface area contributed by atoms with Crippen LogP contribution in [0.25, 0.3) is 75.2 Å². The molecule has 5 heteroatoms. The van der Waals surface area contributed by atoms with Crippen LogP contribution < -0.4 is 0 Å². The van der Waals surface area contributed by atoms with E-state index in [1.165, 1.54) is 63.8 Å². The molecule has 0 atom stereocenters. The molecule has 3 aromatic heterocycles. The van der Waals surface area contributed by atoms with Crippen molar-refractivity contribution in [2.24, 2.45) is 0 Å². The highest BCUT2D eigenvalue weighted by Crippen LogP contribution is 2.43. The molecule has 10 aromatic rings. The summed E-state index contributed by atoms with van der Waals surface area (Å²) in [4.78, 5) is 2.27. The Morgan fingerprint density at radius 2 is 1.00 bits per heavy atom. The number of hydrogen-bond acceptors (Lipinski definition) is 3. The molecule has 0 bridgehead atoms. The molecule has 0 aliphatic carbocycles. The van der Waals surface area contributed by atoms with Gasteiger partial charge in [0.05, 0.1) is 33.7 Å². The zero-order valence-corrected chi connectivity index (χ0v) is 27.2. The van der Waals surface area contributed by atoms with Crippen molar-refractivity contribution in [3.63, 3.8) is 0 Å². The second kappa shape index (κ2) is 10.6. The second-order valence-corrected chi connectivity index (χ2v) is 14.3. The van der Waals surface area contributed by atoms with Crippen LogP contribution in [0.2, 0.25) is 0 Å². The number of fused-ring (bicyclic) bond motifs is 9. The Balaban J connectivity index is 1.25. The van der Waals surface area contributed by atoms with Gasteiger partial charge in [-0.25, -0.2) is 0 Å². The molecule has 0 radical (unpaired) electrons. The Hall–Kier alpha value is -5.80. The standard InChI is InChI=1S/C43H25N3S2/c44-26-27-14-18-30(19-15-27)47-31-20-16-29(17-21-31)46-40-23-35-32-10-4-6-12-38(32)45(28-8-2-1-3-9-28)39(35)24-36(40)34-22-37-33-11-5-7-13-42(33)48-43(37)25-41(34)46/h1-25H. The van der Waals surface area contributed by atoms with Crippen molar-refractivity contribution in [1.82, 2.24) is 9.13 Å². The number of nitriles is 1. The molecule has 48 heavy (non-hydrogen) atoms. The van der Waals surface area contributed by atoms with Crippen molar-refractivity contribution in [3.8, 4) is 17.4 Å². The van der Waals surface area contributed by atoms with Gasteiger partial charge in [0.1, 0.15) is 0 Å². The molecular formula is C43H25N3S2. The van der Waals surface area contributed by atoms with Gasteiger partial charge in [0.25, 0.3) is 0 Å². The zero-order valence-electron chi connectivity index (χ0n) is 25.6. The van der Waals surface area contributed by atoms with E-state index in [0.29, 0.717) is 5.56 Å². The van der Waals surface area contributed by atoms with Crippen molar-refractivity contribution in [1.29, 1.82) is 5.26 Å². The van der Waals surface area contributed by atoms with Crippen LogP contribution in [0, 0.1) is 11.3 Å². The lowest BCUT2D eigenvalue weighted by atomic mass is 10.1. The quantitative estimate of drug-likeness (QED) is 0.190. The van der Waals surface area contributed by atoms with Crippen LogP contribution in [-0.2, 0) is 0 Å². The molecule has 0 N–H and O–H groups in total. The van der Waals surface area contributed by atoms with E-state index in [-0.39, 0.29) is 0 Å². The maximum Gasteiger partial charge on any atom is 0.0991 e. The maximum atomic E-state index is 9.19. The predicted molar refractivity (Wildman–Crippen MR) is 203 cm³/mol. The maximum absolute atomic E-state index is 9.19. The van der Waals surface area contributed by atoms with Gasteiger partial charge in [-0.3, -0.25) is 0 Å². The third-order valence-electron chi connectivity index (χ3n) is 9.39. The van der Waals surface area contributed by atoms with Crippen molar-refractivity contribution >= 4 is 86.9 Å². The van der Waals surface area contributed by atoms with E-state index in [0.717, 1.165) is 21.2 Å².